The first-order valence-corrected chi connectivity index (χ1v) is 15.0. The molecule has 2 unspecified atom stereocenters. The molecule has 0 heterocycles. The highest BCUT2D eigenvalue weighted by atomic mass is 16.4. The van der Waals surface area contributed by atoms with E-state index in [-0.39, 0.29) is 44.0 Å². The number of hydrogen-bond donors (Lipinski definition) is 8. The van der Waals surface area contributed by atoms with E-state index in [1.54, 1.807) is 0 Å². The highest BCUT2D eigenvalue weighted by Crippen LogP contribution is 2.17. The van der Waals surface area contributed by atoms with Crippen LogP contribution in [0.4, 0.5) is 4.79 Å². The molecule has 0 spiro atoms. The molecule has 14 nitrogen and oxygen atoms in total. The van der Waals surface area contributed by atoms with Gasteiger partial charge in [0.2, 0.25) is 11.8 Å². The molecule has 0 aliphatic carbocycles. The Bertz CT molecular complexity index is 1320. The number of carbonyl (C=O) groups is 6. The fourth-order valence-corrected chi connectivity index (χ4v) is 4.63. The van der Waals surface area contributed by atoms with E-state index < -0.39 is 48.5 Å². The van der Waals surface area contributed by atoms with Crippen LogP contribution in [0.2, 0.25) is 0 Å². The van der Waals surface area contributed by atoms with Crippen LogP contribution in [0.25, 0.3) is 10.8 Å². The fourth-order valence-electron chi connectivity index (χ4n) is 4.63. The van der Waals surface area contributed by atoms with Crippen molar-refractivity contribution in [3.63, 3.8) is 0 Å². The number of urea groups is 1. The lowest BCUT2D eigenvalue weighted by Crippen LogP contribution is -2.51. The van der Waals surface area contributed by atoms with Gasteiger partial charge < -0.3 is 42.3 Å². The van der Waals surface area contributed by atoms with Crippen LogP contribution in [0.5, 0.6) is 0 Å². The molecule has 246 valence electrons. The topological polar surface area (TPSA) is 237 Å². The SMILES string of the molecule is NCCCCCC(=O)NC(Cc1ccc2ccccc2c1)C(=O)NCCCC[C@H](NC(=O)NC(CCC(=O)O)C(=O)O)C(=O)O. The molecule has 0 saturated heterocycles. The van der Waals surface area contributed by atoms with Crippen molar-refractivity contribution in [3.8, 4) is 0 Å². The molecule has 2 aromatic carbocycles. The van der Waals surface area contributed by atoms with Crippen LogP contribution in [0.1, 0.15) is 63.4 Å². The van der Waals surface area contributed by atoms with Crippen molar-refractivity contribution in [2.75, 3.05) is 13.1 Å². The Hall–Kier alpha value is -4.72. The van der Waals surface area contributed by atoms with Crippen molar-refractivity contribution < 1.29 is 44.1 Å². The maximum absolute atomic E-state index is 13.1. The van der Waals surface area contributed by atoms with Gasteiger partial charge in [0.05, 0.1) is 0 Å². The molecule has 0 saturated carbocycles. The Morgan fingerprint density at radius 1 is 0.689 bits per heavy atom. The van der Waals surface area contributed by atoms with Gasteiger partial charge in [-0.05, 0) is 61.4 Å². The van der Waals surface area contributed by atoms with Gasteiger partial charge in [-0.25, -0.2) is 14.4 Å². The van der Waals surface area contributed by atoms with E-state index >= 15 is 0 Å². The van der Waals surface area contributed by atoms with Crippen molar-refractivity contribution in [1.29, 1.82) is 0 Å². The molecule has 0 aliphatic rings. The van der Waals surface area contributed by atoms with Crippen molar-refractivity contribution in [2.24, 2.45) is 5.73 Å². The van der Waals surface area contributed by atoms with Crippen molar-refractivity contribution >= 4 is 46.5 Å². The summed E-state index contributed by atoms with van der Waals surface area (Å²) < 4.78 is 0. The highest BCUT2D eigenvalue weighted by Gasteiger charge is 2.25. The van der Waals surface area contributed by atoms with Crippen LogP contribution in [0.3, 0.4) is 0 Å². The van der Waals surface area contributed by atoms with E-state index in [9.17, 15) is 39.0 Å². The third-order valence-corrected chi connectivity index (χ3v) is 7.09. The smallest absolute Gasteiger partial charge is 0.326 e. The van der Waals surface area contributed by atoms with Crippen LogP contribution in [0.15, 0.2) is 42.5 Å². The summed E-state index contributed by atoms with van der Waals surface area (Å²) in [4.78, 5) is 71.6. The molecule has 3 atom stereocenters. The molecular weight excluding hydrogens is 586 g/mol. The van der Waals surface area contributed by atoms with Gasteiger partial charge in [0.1, 0.15) is 18.1 Å². The lowest BCUT2D eigenvalue weighted by Gasteiger charge is -2.20. The molecule has 45 heavy (non-hydrogen) atoms. The molecule has 0 aromatic heterocycles. The second-order valence-corrected chi connectivity index (χ2v) is 10.7. The van der Waals surface area contributed by atoms with E-state index in [1.807, 2.05) is 42.5 Å². The number of carbonyl (C=O) groups excluding carboxylic acids is 3. The van der Waals surface area contributed by atoms with Crippen LogP contribution >= 0.6 is 0 Å². The van der Waals surface area contributed by atoms with E-state index in [1.165, 1.54) is 0 Å². The van der Waals surface area contributed by atoms with E-state index in [2.05, 4.69) is 21.3 Å². The number of hydrogen-bond acceptors (Lipinski definition) is 7. The van der Waals surface area contributed by atoms with Gasteiger partial charge >= 0.3 is 23.9 Å². The first-order valence-electron chi connectivity index (χ1n) is 15.0. The number of nitrogens with one attached hydrogen (secondary N) is 4. The summed E-state index contributed by atoms with van der Waals surface area (Å²) in [6.07, 6.45) is 2.61. The number of fused-ring (bicyclic) bond motifs is 1. The number of amides is 4. The van der Waals surface area contributed by atoms with Gasteiger partial charge in [-0.3, -0.25) is 14.4 Å². The number of rotatable bonds is 21. The van der Waals surface area contributed by atoms with Crippen molar-refractivity contribution in [3.05, 3.63) is 48.0 Å². The maximum atomic E-state index is 13.1. The third kappa shape index (κ3) is 14.1. The first kappa shape index (κ1) is 36.5. The zero-order valence-corrected chi connectivity index (χ0v) is 25.1. The van der Waals surface area contributed by atoms with Gasteiger partial charge in [0, 0.05) is 25.8 Å². The Labute approximate surface area is 261 Å². The number of nitrogens with two attached hydrogens (primary N) is 1. The summed E-state index contributed by atoms with van der Waals surface area (Å²) >= 11 is 0. The molecule has 2 aromatic rings. The average Bonchev–Trinajstić information content (AvgIpc) is 2.99. The summed E-state index contributed by atoms with van der Waals surface area (Å²) in [5.74, 6) is -4.65. The quantitative estimate of drug-likeness (QED) is 0.0931. The monoisotopic (exact) mass is 629 g/mol. The zero-order valence-electron chi connectivity index (χ0n) is 25.1. The normalized spacial score (nSPS) is 12.8. The van der Waals surface area contributed by atoms with E-state index in [0.29, 0.717) is 25.8 Å². The highest BCUT2D eigenvalue weighted by molar-refractivity contribution is 5.89. The zero-order chi connectivity index (χ0) is 33.2. The first-order chi connectivity index (χ1) is 21.5. The Morgan fingerprint density at radius 2 is 1.36 bits per heavy atom. The van der Waals surface area contributed by atoms with E-state index in [4.69, 9.17) is 10.8 Å². The standard InChI is InChI=1S/C31H43N5O9/c32-16-6-1-2-11-26(37)34-25(19-20-12-13-21-8-3-4-9-22(21)18-20)28(40)33-17-7-5-10-23(29(41)42)35-31(45)36-24(30(43)44)14-15-27(38)39/h3-4,8-9,12-13,18,23-25H,1-2,5-7,10-11,14-17,19,32H2,(H,33,40)(H,34,37)(H,38,39)(H,41,42)(H,43,44)(H2,35,36,45)/t23-,24?,25?/m0/s1. The summed E-state index contributed by atoms with van der Waals surface area (Å²) in [6.45, 7) is 0.735. The Balaban J connectivity index is 1.91. The minimum absolute atomic E-state index is 0.00839. The minimum atomic E-state index is -1.50. The number of aliphatic carboxylic acids is 3. The largest absolute Gasteiger partial charge is 0.481 e. The number of benzene rings is 2. The molecule has 0 fully saturated rings. The fraction of sp³-hybridized carbons (Fsp3) is 0.484. The van der Waals surface area contributed by atoms with Gasteiger partial charge in [0.15, 0.2) is 0 Å². The van der Waals surface area contributed by atoms with Gasteiger partial charge in [-0.2, -0.15) is 0 Å². The molecule has 0 bridgehead atoms. The minimum Gasteiger partial charge on any atom is -0.481 e. The number of carboxylic acid groups (broad SMARTS) is 3. The summed E-state index contributed by atoms with van der Waals surface area (Å²) in [5, 5.41) is 39.4. The molecule has 0 radical (unpaired) electrons. The summed E-state index contributed by atoms with van der Waals surface area (Å²) in [7, 11) is 0. The summed E-state index contributed by atoms with van der Waals surface area (Å²) in [5.41, 5.74) is 6.39. The molecule has 14 heteroatoms. The van der Waals surface area contributed by atoms with Crippen LogP contribution in [0, 0.1) is 0 Å². The molecule has 9 N–H and O–H groups in total. The molecule has 2 rings (SSSR count). The molecule has 4 amide bonds. The summed E-state index contributed by atoms with van der Waals surface area (Å²) in [6, 6.07) is 8.94. The van der Waals surface area contributed by atoms with Crippen molar-refractivity contribution in [2.45, 2.75) is 82.3 Å². The van der Waals surface area contributed by atoms with Crippen LogP contribution in [-0.2, 0) is 30.4 Å². The van der Waals surface area contributed by atoms with Gasteiger partial charge in [-0.1, -0.05) is 48.9 Å². The van der Waals surface area contributed by atoms with Gasteiger partial charge in [-0.15, -0.1) is 0 Å². The Kier molecular flexibility index (Phi) is 15.8. The van der Waals surface area contributed by atoms with E-state index in [0.717, 1.165) is 29.2 Å². The van der Waals surface area contributed by atoms with Crippen LogP contribution in [-0.4, -0.2) is 82.3 Å². The molecule has 0 aliphatic heterocycles. The Morgan fingerprint density at radius 3 is 2.00 bits per heavy atom. The molecular formula is C31H43N5O9. The maximum Gasteiger partial charge on any atom is 0.326 e. The number of unbranched alkanes of at least 4 members (excludes halogenated alkanes) is 3. The predicted octanol–water partition coefficient (Wildman–Crippen LogP) is 1.74. The second-order valence-electron chi connectivity index (χ2n) is 10.7. The van der Waals surface area contributed by atoms with Gasteiger partial charge in [0.25, 0.3) is 0 Å². The third-order valence-electron chi connectivity index (χ3n) is 7.09. The lowest BCUT2D eigenvalue weighted by molar-refractivity contribution is -0.141. The van der Waals surface area contributed by atoms with Crippen molar-refractivity contribution in [1.82, 2.24) is 21.3 Å². The second kappa shape index (κ2) is 19.5. The predicted molar refractivity (Wildman–Crippen MR) is 165 cm³/mol. The number of carboxylic acids is 3. The average molecular weight is 630 g/mol. The lowest BCUT2D eigenvalue weighted by atomic mass is 10.0. The van der Waals surface area contributed by atoms with Crippen LogP contribution < -0.4 is 27.0 Å².